The van der Waals surface area contributed by atoms with Gasteiger partial charge in [0.15, 0.2) is 0 Å². The molecule has 0 aliphatic heterocycles. The second-order valence-electron chi connectivity index (χ2n) is 7.84. The van der Waals surface area contributed by atoms with Crippen molar-refractivity contribution in [1.29, 1.82) is 0 Å². The molecule has 0 atom stereocenters. The molecule has 0 aliphatic rings. The maximum atomic E-state index is 12.4. The molecular formula is C24H30O4. The summed E-state index contributed by atoms with van der Waals surface area (Å²) in [6.45, 7) is 8.75. The lowest BCUT2D eigenvalue weighted by atomic mass is 9.84. The average molecular weight is 383 g/mol. The van der Waals surface area contributed by atoms with Crippen LogP contribution >= 0.6 is 0 Å². The number of carbonyl (C=O) groups excluding carboxylic acids is 2. The van der Waals surface area contributed by atoms with E-state index in [1.165, 1.54) is 0 Å². The van der Waals surface area contributed by atoms with E-state index in [4.69, 9.17) is 9.47 Å². The molecule has 0 aromatic heterocycles. The standard InChI is InChI=1S/C24H30O4/c1-5-27-23(26)21-16-20(24(2,3)4)15-14-19(21)12-9-13-22(25)28-17-18-10-7-6-8-11-18/h6-8,10-11,14-16H,5,9,12-13,17H2,1-4H3. The third-order valence-corrected chi connectivity index (χ3v) is 4.54. The molecular weight excluding hydrogens is 352 g/mol. The molecule has 4 heteroatoms. The predicted octanol–water partition coefficient (Wildman–Crippen LogP) is 5.23. The Balaban J connectivity index is 1.96. The van der Waals surface area contributed by atoms with Gasteiger partial charge in [0.25, 0.3) is 0 Å². The zero-order valence-electron chi connectivity index (χ0n) is 17.3. The summed E-state index contributed by atoms with van der Waals surface area (Å²) in [6, 6.07) is 15.6. The Morgan fingerprint density at radius 2 is 1.68 bits per heavy atom. The zero-order valence-corrected chi connectivity index (χ0v) is 17.3. The van der Waals surface area contributed by atoms with Crippen molar-refractivity contribution in [2.75, 3.05) is 6.61 Å². The minimum absolute atomic E-state index is 0.0545. The molecule has 0 amide bonds. The smallest absolute Gasteiger partial charge is 0.338 e. The monoisotopic (exact) mass is 382 g/mol. The molecule has 0 fully saturated rings. The van der Waals surface area contributed by atoms with E-state index in [0.29, 0.717) is 31.4 Å². The van der Waals surface area contributed by atoms with Crippen LogP contribution in [0.5, 0.6) is 0 Å². The Hall–Kier alpha value is -2.62. The third-order valence-electron chi connectivity index (χ3n) is 4.54. The topological polar surface area (TPSA) is 52.6 Å². The first-order chi connectivity index (χ1) is 13.3. The molecule has 2 aromatic carbocycles. The van der Waals surface area contributed by atoms with Crippen molar-refractivity contribution in [3.63, 3.8) is 0 Å². The number of ether oxygens (including phenoxy) is 2. The predicted molar refractivity (Wildman–Crippen MR) is 110 cm³/mol. The van der Waals surface area contributed by atoms with Crippen molar-refractivity contribution in [3.8, 4) is 0 Å². The van der Waals surface area contributed by atoms with Gasteiger partial charge in [-0.25, -0.2) is 4.79 Å². The molecule has 0 N–H and O–H groups in total. The van der Waals surface area contributed by atoms with E-state index in [1.54, 1.807) is 6.92 Å². The Bertz CT molecular complexity index is 788. The molecule has 0 saturated carbocycles. The normalized spacial score (nSPS) is 11.1. The zero-order chi connectivity index (χ0) is 20.6. The number of esters is 2. The van der Waals surface area contributed by atoms with Crippen LogP contribution in [-0.2, 0) is 32.7 Å². The molecule has 2 aromatic rings. The quantitative estimate of drug-likeness (QED) is 0.587. The Kier molecular flexibility index (Phi) is 7.80. The lowest BCUT2D eigenvalue weighted by Gasteiger charge is -2.21. The van der Waals surface area contributed by atoms with Crippen LogP contribution in [0.2, 0.25) is 0 Å². The van der Waals surface area contributed by atoms with E-state index < -0.39 is 0 Å². The van der Waals surface area contributed by atoms with Crippen molar-refractivity contribution < 1.29 is 19.1 Å². The summed E-state index contributed by atoms with van der Waals surface area (Å²) in [4.78, 5) is 24.4. The number of benzene rings is 2. The van der Waals surface area contributed by atoms with Crippen molar-refractivity contribution >= 4 is 11.9 Å². The summed E-state index contributed by atoms with van der Waals surface area (Å²) in [5.74, 6) is -0.539. The van der Waals surface area contributed by atoms with Gasteiger partial charge in [0.05, 0.1) is 12.2 Å². The SMILES string of the molecule is CCOC(=O)c1cc(C(C)(C)C)ccc1CCCC(=O)OCc1ccccc1. The van der Waals surface area contributed by atoms with Gasteiger partial charge in [-0.3, -0.25) is 4.79 Å². The van der Waals surface area contributed by atoms with Gasteiger partial charge in [0.2, 0.25) is 0 Å². The number of hydrogen-bond acceptors (Lipinski definition) is 4. The first-order valence-electron chi connectivity index (χ1n) is 9.81. The van der Waals surface area contributed by atoms with E-state index in [9.17, 15) is 9.59 Å². The van der Waals surface area contributed by atoms with Crippen LogP contribution in [0.3, 0.4) is 0 Å². The molecule has 2 rings (SSSR count). The average Bonchev–Trinajstić information content (AvgIpc) is 2.66. The highest BCUT2D eigenvalue weighted by atomic mass is 16.5. The van der Waals surface area contributed by atoms with Gasteiger partial charge in [-0.2, -0.15) is 0 Å². The van der Waals surface area contributed by atoms with E-state index in [-0.39, 0.29) is 24.0 Å². The summed E-state index contributed by atoms with van der Waals surface area (Å²) in [6.07, 6.45) is 1.56. The van der Waals surface area contributed by atoms with Gasteiger partial charge in [0, 0.05) is 6.42 Å². The highest BCUT2D eigenvalue weighted by molar-refractivity contribution is 5.91. The summed E-state index contributed by atoms with van der Waals surface area (Å²) >= 11 is 0. The van der Waals surface area contributed by atoms with Crippen molar-refractivity contribution in [3.05, 3.63) is 70.8 Å². The van der Waals surface area contributed by atoms with Crippen molar-refractivity contribution in [2.24, 2.45) is 0 Å². The summed E-state index contributed by atoms with van der Waals surface area (Å²) in [7, 11) is 0. The maximum absolute atomic E-state index is 12.4. The number of hydrogen-bond donors (Lipinski definition) is 0. The van der Waals surface area contributed by atoms with Crippen LogP contribution in [0, 0.1) is 0 Å². The number of rotatable bonds is 8. The third kappa shape index (κ3) is 6.52. The molecule has 0 heterocycles. The molecule has 4 nitrogen and oxygen atoms in total. The van der Waals surface area contributed by atoms with Gasteiger partial charge >= 0.3 is 11.9 Å². The molecule has 0 bridgehead atoms. The minimum atomic E-state index is -0.310. The van der Waals surface area contributed by atoms with Crippen LogP contribution in [-0.4, -0.2) is 18.5 Å². The molecule has 0 radical (unpaired) electrons. The minimum Gasteiger partial charge on any atom is -0.462 e. The fourth-order valence-corrected chi connectivity index (χ4v) is 2.89. The Labute approximate surface area is 167 Å². The second-order valence-corrected chi connectivity index (χ2v) is 7.84. The number of carbonyl (C=O) groups is 2. The van der Waals surface area contributed by atoms with Gasteiger partial charge < -0.3 is 9.47 Å². The Morgan fingerprint density at radius 3 is 2.32 bits per heavy atom. The van der Waals surface area contributed by atoms with E-state index in [1.807, 2.05) is 48.5 Å². The van der Waals surface area contributed by atoms with E-state index >= 15 is 0 Å². The van der Waals surface area contributed by atoms with Gasteiger partial charge in [-0.05, 0) is 47.9 Å². The van der Waals surface area contributed by atoms with E-state index in [2.05, 4.69) is 20.8 Å². The van der Waals surface area contributed by atoms with Crippen molar-refractivity contribution in [2.45, 2.75) is 59.0 Å². The summed E-state index contributed by atoms with van der Waals surface area (Å²) in [5, 5.41) is 0. The summed E-state index contributed by atoms with van der Waals surface area (Å²) in [5.41, 5.74) is 3.50. The molecule has 0 spiro atoms. The maximum Gasteiger partial charge on any atom is 0.338 e. The first kappa shape index (κ1) is 21.7. The van der Waals surface area contributed by atoms with Crippen LogP contribution in [0.25, 0.3) is 0 Å². The molecule has 0 aliphatic carbocycles. The highest BCUT2D eigenvalue weighted by Crippen LogP contribution is 2.26. The number of aryl methyl sites for hydroxylation is 1. The lowest BCUT2D eigenvalue weighted by molar-refractivity contribution is -0.145. The van der Waals surface area contributed by atoms with Crippen molar-refractivity contribution in [1.82, 2.24) is 0 Å². The Morgan fingerprint density at radius 1 is 0.964 bits per heavy atom. The van der Waals surface area contributed by atoms with Gasteiger partial charge in [-0.1, -0.05) is 63.2 Å². The molecule has 0 saturated heterocycles. The van der Waals surface area contributed by atoms with Crippen LogP contribution in [0.1, 0.15) is 67.6 Å². The van der Waals surface area contributed by atoms with Gasteiger partial charge in [0.1, 0.15) is 6.61 Å². The largest absolute Gasteiger partial charge is 0.462 e. The molecule has 0 unspecified atom stereocenters. The van der Waals surface area contributed by atoms with Gasteiger partial charge in [-0.15, -0.1) is 0 Å². The fraction of sp³-hybridized carbons (Fsp3) is 0.417. The summed E-state index contributed by atoms with van der Waals surface area (Å²) < 4.78 is 10.5. The van der Waals surface area contributed by atoms with E-state index in [0.717, 1.165) is 16.7 Å². The highest BCUT2D eigenvalue weighted by Gasteiger charge is 2.19. The fourth-order valence-electron chi connectivity index (χ4n) is 2.89. The molecule has 28 heavy (non-hydrogen) atoms. The molecule has 150 valence electrons. The van der Waals surface area contributed by atoms with Crippen LogP contribution < -0.4 is 0 Å². The first-order valence-corrected chi connectivity index (χ1v) is 9.81. The van der Waals surface area contributed by atoms with Crippen LogP contribution in [0.4, 0.5) is 0 Å². The lowest BCUT2D eigenvalue weighted by Crippen LogP contribution is -2.15. The van der Waals surface area contributed by atoms with Crippen LogP contribution in [0.15, 0.2) is 48.5 Å². The second kappa shape index (κ2) is 10.1.